The SMILES string of the molecule is O=C(Nc1nnc(C2CC2)s1)N1CCN(c2ccc(O)cc2)CC1. The van der Waals surface area contributed by atoms with Crippen LogP contribution in [0.15, 0.2) is 24.3 Å². The molecular formula is C16H19N5O2S. The lowest BCUT2D eigenvalue weighted by molar-refractivity contribution is 0.208. The molecule has 0 spiro atoms. The second-order valence-electron chi connectivity index (χ2n) is 6.14. The van der Waals surface area contributed by atoms with Gasteiger partial charge in [0.1, 0.15) is 10.8 Å². The normalized spacial score (nSPS) is 17.8. The summed E-state index contributed by atoms with van der Waals surface area (Å²) in [5, 5.41) is 22.0. The Bertz CT molecular complexity index is 720. The molecule has 8 heteroatoms. The smallest absolute Gasteiger partial charge is 0.323 e. The van der Waals surface area contributed by atoms with E-state index in [1.165, 1.54) is 24.2 Å². The van der Waals surface area contributed by atoms with Crippen LogP contribution in [0, 0.1) is 0 Å². The van der Waals surface area contributed by atoms with E-state index in [0.717, 1.165) is 23.8 Å². The topological polar surface area (TPSA) is 81.6 Å². The first-order chi connectivity index (χ1) is 11.7. The van der Waals surface area contributed by atoms with Crippen molar-refractivity contribution in [1.82, 2.24) is 15.1 Å². The molecule has 0 unspecified atom stereocenters. The fourth-order valence-electron chi connectivity index (χ4n) is 2.78. The van der Waals surface area contributed by atoms with Gasteiger partial charge in [-0.3, -0.25) is 5.32 Å². The van der Waals surface area contributed by atoms with Crippen molar-refractivity contribution in [2.24, 2.45) is 0 Å². The molecule has 0 atom stereocenters. The van der Waals surface area contributed by atoms with Gasteiger partial charge in [0, 0.05) is 37.8 Å². The highest BCUT2D eigenvalue weighted by molar-refractivity contribution is 7.15. The molecule has 1 saturated carbocycles. The minimum atomic E-state index is -0.112. The molecule has 0 bridgehead atoms. The molecule has 1 aromatic carbocycles. The van der Waals surface area contributed by atoms with Gasteiger partial charge in [-0.2, -0.15) is 0 Å². The van der Waals surface area contributed by atoms with E-state index in [-0.39, 0.29) is 11.8 Å². The molecule has 126 valence electrons. The summed E-state index contributed by atoms with van der Waals surface area (Å²) in [5.74, 6) is 0.821. The average Bonchev–Trinajstić information content (AvgIpc) is 3.36. The number of nitrogens with zero attached hydrogens (tertiary/aromatic N) is 4. The molecule has 2 heterocycles. The predicted molar refractivity (Wildman–Crippen MR) is 92.8 cm³/mol. The Morgan fingerprint density at radius 3 is 2.50 bits per heavy atom. The molecule has 2 aliphatic rings. The first-order valence-electron chi connectivity index (χ1n) is 8.12. The number of phenolic OH excluding ortho intramolecular Hbond substituents is 1. The Labute approximate surface area is 143 Å². The van der Waals surface area contributed by atoms with Crippen LogP contribution < -0.4 is 10.2 Å². The minimum Gasteiger partial charge on any atom is -0.508 e. The number of rotatable bonds is 3. The van der Waals surface area contributed by atoms with Gasteiger partial charge in [-0.25, -0.2) is 4.79 Å². The summed E-state index contributed by atoms with van der Waals surface area (Å²) >= 11 is 1.48. The van der Waals surface area contributed by atoms with Crippen LogP contribution in [0.1, 0.15) is 23.8 Å². The lowest BCUT2D eigenvalue weighted by atomic mass is 10.2. The highest BCUT2D eigenvalue weighted by Gasteiger charge is 2.28. The lowest BCUT2D eigenvalue weighted by Gasteiger charge is -2.35. The van der Waals surface area contributed by atoms with Crippen LogP contribution in [-0.2, 0) is 0 Å². The molecule has 4 rings (SSSR count). The van der Waals surface area contributed by atoms with Gasteiger partial charge in [0.2, 0.25) is 5.13 Å². The van der Waals surface area contributed by atoms with Gasteiger partial charge in [0.15, 0.2) is 0 Å². The van der Waals surface area contributed by atoms with Crippen LogP contribution in [0.2, 0.25) is 0 Å². The largest absolute Gasteiger partial charge is 0.508 e. The van der Waals surface area contributed by atoms with Gasteiger partial charge in [-0.15, -0.1) is 10.2 Å². The van der Waals surface area contributed by atoms with E-state index in [4.69, 9.17) is 0 Å². The lowest BCUT2D eigenvalue weighted by Crippen LogP contribution is -2.50. The van der Waals surface area contributed by atoms with Crippen LogP contribution >= 0.6 is 11.3 Å². The monoisotopic (exact) mass is 345 g/mol. The van der Waals surface area contributed by atoms with Crippen LogP contribution in [0.25, 0.3) is 0 Å². The van der Waals surface area contributed by atoms with Crippen molar-refractivity contribution in [3.63, 3.8) is 0 Å². The summed E-state index contributed by atoms with van der Waals surface area (Å²) in [4.78, 5) is 16.4. The maximum absolute atomic E-state index is 12.4. The number of anilines is 2. The van der Waals surface area contributed by atoms with Crippen molar-refractivity contribution in [2.45, 2.75) is 18.8 Å². The zero-order valence-corrected chi connectivity index (χ0v) is 14.0. The number of amides is 2. The number of aromatic hydroxyl groups is 1. The van der Waals surface area contributed by atoms with Crippen LogP contribution in [0.5, 0.6) is 5.75 Å². The van der Waals surface area contributed by atoms with Crippen LogP contribution in [-0.4, -0.2) is 52.4 Å². The van der Waals surface area contributed by atoms with Crippen molar-refractivity contribution in [1.29, 1.82) is 0 Å². The molecule has 2 fully saturated rings. The fraction of sp³-hybridized carbons (Fsp3) is 0.438. The van der Waals surface area contributed by atoms with E-state index in [1.807, 2.05) is 12.1 Å². The number of carbonyl (C=O) groups excluding carboxylic acids is 1. The van der Waals surface area contributed by atoms with Gasteiger partial charge in [-0.05, 0) is 37.1 Å². The Hall–Kier alpha value is -2.35. The predicted octanol–water partition coefficient (Wildman–Crippen LogP) is 2.48. The first-order valence-corrected chi connectivity index (χ1v) is 8.94. The molecule has 1 aliphatic carbocycles. The van der Waals surface area contributed by atoms with Crippen molar-refractivity contribution < 1.29 is 9.90 Å². The van der Waals surface area contributed by atoms with Crippen LogP contribution in [0.3, 0.4) is 0 Å². The van der Waals surface area contributed by atoms with Crippen molar-refractivity contribution in [2.75, 3.05) is 36.4 Å². The minimum absolute atomic E-state index is 0.112. The molecular weight excluding hydrogens is 326 g/mol. The number of benzene rings is 1. The Morgan fingerprint density at radius 2 is 1.83 bits per heavy atom. The van der Waals surface area contributed by atoms with Gasteiger partial charge in [0.25, 0.3) is 0 Å². The summed E-state index contributed by atoms with van der Waals surface area (Å²) in [5.41, 5.74) is 1.06. The Morgan fingerprint density at radius 1 is 1.12 bits per heavy atom. The number of urea groups is 1. The fourth-order valence-corrected chi connectivity index (χ4v) is 3.68. The number of piperazine rings is 1. The summed E-state index contributed by atoms with van der Waals surface area (Å²) in [6.45, 7) is 2.84. The van der Waals surface area contributed by atoms with Crippen molar-refractivity contribution in [3.8, 4) is 5.75 Å². The molecule has 0 radical (unpaired) electrons. The maximum atomic E-state index is 12.4. The summed E-state index contributed by atoms with van der Waals surface area (Å²) in [6.07, 6.45) is 2.36. The second kappa shape index (κ2) is 6.27. The zero-order chi connectivity index (χ0) is 16.5. The summed E-state index contributed by atoms with van der Waals surface area (Å²) in [7, 11) is 0. The van der Waals surface area contributed by atoms with E-state index < -0.39 is 0 Å². The van der Waals surface area contributed by atoms with Gasteiger partial charge in [0.05, 0.1) is 0 Å². The number of hydrogen-bond donors (Lipinski definition) is 2. The number of carbonyl (C=O) groups is 1. The molecule has 7 nitrogen and oxygen atoms in total. The Balaban J connectivity index is 1.31. The molecule has 24 heavy (non-hydrogen) atoms. The zero-order valence-electron chi connectivity index (χ0n) is 13.2. The third-order valence-corrected chi connectivity index (χ3v) is 5.36. The van der Waals surface area contributed by atoms with E-state index in [9.17, 15) is 9.90 Å². The highest BCUT2D eigenvalue weighted by atomic mass is 32.1. The molecule has 1 saturated heterocycles. The first kappa shape index (κ1) is 15.2. The van der Waals surface area contributed by atoms with E-state index in [0.29, 0.717) is 24.1 Å². The van der Waals surface area contributed by atoms with Gasteiger partial charge >= 0.3 is 6.03 Å². The molecule has 1 aliphatic heterocycles. The van der Waals surface area contributed by atoms with Crippen molar-refractivity contribution in [3.05, 3.63) is 29.3 Å². The van der Waals surface area contributed by atoms with E-state index in [2.05, 4.69) is 20.4 Å². The molecule has 2 amide bonds. The summed E-state index contributed by atoms with van der Waals surface area (Å²) < 4.78 is 0. The quantitative estimate of drug-likeness (QED) is 0.893. The van der Waals surface area contributed by atoms with Crippen molar-refractivity contribution >= 4 is 28.2 Å². The van der Waals surface area contributed by atoms with Gasteiger partial charge < -0.3 is 14.9 Å². The van der Waals surface area contributed by atoms with Crippen LogP contribution in [0.4, 0.5) is 15.6 Å². The highest BCUT2D eigenvalue weighted by Crippen LogP contribution is 2.42. The number of phenols is 1. The molecule has 1 aromatic heterocycles. The summed E-state index contributed by atoms with van der Waals surface area (Å²) in [6, 6.07) is 7.04. The third kappa shape index (κ3) is 3.28. The van der Waals surface area contributed by atoms with E-state index in [1.54, 1.807) is 17.0 Å². The molecule has 2 N–H and O–H groups in total. The molecule has 2 aromatic rings. The third-order valence-electron chi connectivity index (χ3n) is 4.36. The maximum Gasteiger partial charge on any atom is 0.323 e. The van der Waals surface area contributed by atoms with E-state index >= 15 is 0 Å². The Kier molecular flexibility index (Phi) is 3.97. The standard InChI is InChI=1S/C16H19N5O2S/c22-13-5-3-12(4-6-13)20-7-9-21(10-8-20)16(23)17-15-19-18-14(24-15)11-1-2-11/h3-6,11,22H,1-2,7-10H2,(H,17,19,23). The second-order valence-corrected chi connectivity index (χ2v) is 7.15. The number of nitrogens with one attached hydrogen (secondary N) is 1. The number of hydrogen-bond acceptors (Lipinski definition) is 6. The number of aromatic nitrogens is 2. The average molecular weight is 345 g/mol. The van der Waals surface area contributed by atoms with Gasteiger partial charge in [-0.1, -0.05) is 11.3 Å².